The van der Waals surface area contributed by atoms with Crippen LogP contribution < -0.4 is 14.2 Å². The average Bonchev–Trinajstić information content (AvgIpc) is 3.35. The molecule has 0 amide bonds. The van der Waals surface area contributed by atoms with Gasteiger partial charge in [0.25, 0.3) is 0 Å². The Kier molecular flexibility index (Phi) is 5.15. The van der Waals surface area contributed by atoms with Crippen molar-refractivity contribution in [1.82, 2.24) is 4.57 Å². The highest BCUT2D eigenvalue weighted by Crippen LogP contribution is 2.36. The summed E-state index contributed by atoms with van der Waals surface area (Å²) in [6.07, 6.45) is 3.88. The summed E-state index contributed by atoms with van der Waals surface area (Å²) in [5.74, 6) is 2.15. The summed E-state index contributed by atoms with van der Waals surface area (Å²) in [6, 6.07) is 21.2. The molecule has 0 unspecified atom stereocenters. The number of aryl methyl sites for hydroxylation is 1. The first-order valence-corrected chi connectivity index (χ1v) is 10.6. The molecular weight excluding hydrogens is 402 g/mol. The minimum absolute atomic E-state index is 0.118. The van der Waals surface area contributed by atoms with Gasteiger partial charge in [0.05, 0.1) is 12.7 Å². The zero-order valence-electron chi connectivity index (χ0n) is 18.0. The summed E-state index contributed by atoms with van der Waals surface area (Å²) in [7, 11) is 1.64. The first kappa shape index (κ1) is 19.9. The van der Waals surface area contributed by atoms with Crippen LogP contribution in [-0.4, -0.2) is 17.5 Å². The van der Waals surface area contributed by atoms with E-state index in [1.165, 1.54) is 0 Å². The number of carbonyl (C=O) groups is 1. The predicted molar refractivity (Wildman–Crippen MR) is 124 cm³/mol. The summed E-state index contributed by atoms with van der Waals surface area (Å²) < 4.78 is 19.3. The number of ether oxygens (including phenoxy) is 3. The van der Waals surface area contributed by atoms with Crippen LogP contribution in [0.1, 0.15) is 28.4 Å². The molecule has 0 atom stereocenters. The third kappa shape index (κ3) is 3.62. The smallest absolute Gasteiger partial charge is 0.231 e. The highest BCUT2D eigenvalue weighted by Gasteiger charge is 2.28. The molecule has 5 nitrogen and oxygen atoms in total. The van der Waals surface area contributed by atoms with Crippen LogP contribution >= 0.6 is 0 Å². The topological polar surface area (TPSA) is 49.7 Å². The largest absolute Gasteiger partial charge is 0.497 e. The van der Waals surface area contributed by atoms with Crippen LogP contribution in [0.15, 0.2) is 78.7 Å². The third-order valence-corrected chi connectivity index (χ3v) is 5.63. The molecule has 5 rings (SSSR count). The molecule has 3 aromatic carbocycles. The van der Waals surface area contributed by atoms with Gasteiger partial charge in [-0.25, -0.2) is 0 Å². The van der Waals surface area contributed by atoms with Crippen LogP contribution in [0.25, 0.3) is 17.0 Å². The lowest BCUT2D eigenvalue weighted by atomic mass is 10.1. The first-order valence-electron chi connectivity index (χ1n) is 10.6. The van der Waals surface area contributed by atoms with Gasteiger partial charge in [0.15, 0.2) is 5.76 Å². The number of benzene rings is 3. The minimum Gasteiger partial charge on any atom is -0.497 e. The zero-order valence-corrected chi connectivity index (χ0v) is 18.0. The standard InChI is InChI=1S/C27H23NO4/c1-3-28-16-19(22-9-4-5-10-24(22)28)14-26-27(29)23-12-11-21(15-25(23)32-26)31-17-18-7-6-8-20(13-18)30-2/h4-16H,3,17H2,1-2H3/b26-14+. The number of hydrogen-bond donors (Lipinski definition) is 0. The van der Waals surface area contributed by atoms with Gasteiger partial charge >= 0.3 is 0 Å². The number of fused-ring (bicyclic) bond motifs is 2. The van der Waals surface area contributed by atoms with E-state index in [0.717, 1.165) is 34.3 Å². The van der Waals surface area contributed by atoms with E-state index in [9.17, 15) is 4.79 Å². The lowest BCUT2D eigenvalue weighted by Crippen LogP contribution is -1.98. The van der Waals surface area contributed by atoms with Gasteiger partial charge in [-0.1, -0.05) is 30.3 Å². The van der Waals surface area contributed by atoms with Gasteiger partial charge in [0.1, 0.15) is 23.9 Å². The third-order valence-electron chi connectivity index (χ3n) is 5.63. The van der Waals surface area contributed by atoms with Crippen LogP contribution in [0.5, 0.6) is 17.2 Å². The number of carbonyl (C=O) groups excluding carboxylic acids is 1. The summed E-state index contributed by atoms with van der Waals surface area (Å²) in [5, 5.41) is 1.09. The normalized spacial score (nSPS) is 13.9. The van der Waals surface area contributed by atoms with E-state index in [4.69, 9.17) is 14.2 Å². The quantitative estimate of drug-likeness (QED) is 0.363. The van der Waals surface area contributed by atoms with Gasteiger partial charge in [0.2, 0.25) is 5.78 Å². The maximum Gasteiger partial charge on any atom is 0.231 e. The van der Waals surface area contributed by atoms with Crippen LogP contribution in [0.2, 0.25) is 0 Å². The van der Waals surface area contributed by atoms with Crippen molar-refractivity contribution in [3.05, 3.63) is 95.4 Å². The van der Waals surface area contributed by atoms with Gasteiger partial charge in [-0.3, -0.25) is 4.79 Å². The van der Waals surface area contributed by atoms with Crippen molar-refractivity contribution in [1.29, 1.82) is 0 Å². The van der Waals surface area contributed by atoms with Crippen molar-refractivity contribution in [3.63, 3.8) is 0 Å². The van der Waals surface area contributed by atoms with E-state index in [1.807, 2.05) is 42.5 Å². The molecule has 1 aromatic heterocycles. The fraction of sp³-hybridized carbons (Fsp3) is 0.148. The maximum absolute atomic E-state index is 12.9. The summed E-state index contributed by atoms with van der Waals surface area (Å²) in [6.45, 7) is 3.35. The van der Waals surface area contributed by atoms with Gasteiger partial charge in [-0.05, 0) is 48.9 Å². The van der Waals surface area contributed by atoms with E-state index >= 15 is 0 Å². The molecule has 1 aliphatic rings. The molecule has 0 N–H and O–H groups in total. The molecule has 2 heterocycles. The highest BCUT2D eigenvalue weighted by molar-refractivity contribution is 6.15. The number of hydrogen-bond acceptors (Lipinski definition) is 4. The van der Waals surface area contributed by atoms with Crippen molar-refractivity contribution in [2.45, 2.75) is 20.1 Å². The summed E-state index contributed by atoms with van der Waals surface area (Å²) in [5.41, 5.74) is 3.64. The Morgan fingerprint density at radius 2 is 1.88 bits per heavy atom. The Morgan fingerprint density at radius 1 is 1.00 bits per heavy atom. The Balaban J connectivity index is 1.38. The molecule has 0 bridgehead atoms. The van der Waals surface area contributed by atoms with E-state index in [-0.39, 0.29) is 5.78 Å². The first-order chi connectivity index (χ1) is 15.7. The molecule has 4 aromatic rings. The van der Waals surface area contributed by atoms with Crippen LogP contribution in [-0.2, 0) is 13.2 Å². The zero-order chi connectivity index (χ0) is 22.1. The number of Topliss-reactive ketones (excluding diaryl/α,β-unsaturated/α-hetero) is 1. The van der Waals surface area contributed by atoms with Crippen molar-refractivity contribution in [2.24, 2.45) is 0 Å². The molecule has 0 fully saturated rings. The number of nitrogens with zero attached hydrogens (tertiary/aromatic N) is 1. The molecule has 1 aliphatic heterocycles. The highest BCUT2D eigenvalue weighted by atomic mass is 16.5. The summed E-state index contributed by atoms with van der Waals surface area (Å²) in [4.78, 5) is 12.9. The molecule has 0 radical (unpaired) electrons. The lowest BCUT2D eigenvalue weighted by molar-refractivity contribution is 0.101. The molecule has 0 spiro atoms. The number of methoxy groups -OCH3 is 1. The van der Waals surface area contributed by atoms with Crippen molar-refractivity contribution in [3.8, 4) is 17.2 Å². The monoisotopic (exact) mass is 425 g/mol. The molecule has 0 saturated heterocycles. The molecule has 160 valence electrons. The van der Waals surface area contributed by atoms with E-state index in [1.54, 1.807) is 25.3 Å². The number of rotatable bonds is 6. The second kappa shape index (κ2) is 8.27. The Labute approximate surface area is 186 Å². The van der Waals surface area contributed by atoms with Crippen LogP contribution in [0, 0.1) is 0 Å². The Bertz CT molecular complexity index is 1350. The summed E-state index contributed by atoms with van der Waals surface area (Å²) >= 11 is 0. The van der Waals surface area contributed by atoms with Crippen molar-refractivity contribution >= 4 is 22.8 Å². The van der Waals surface area contributed by atoms with E-state index in [0.29, 0.717) is 29.4 Å². The average molecular weight is 425 g/mol. The fourth-order valence-corrected chi connectivity index (χ4v) is 3.98. The van der Waals surface area contributed by atoms with Crippen molar-refractivity contribution in [2.75, 3.05) is 7.11 Å². The Morgan fingerprint density at radius 3 is 2.72 bits per heavy atom. The van der Waals surface area contributed by atoms with Crippen LogP contribution in [0.4, 0.5) is 0 Å². The number of aromatic nitrogens is 1. The van der Waals surface area contributed by atoms with Crippen molar-refractivity contribution < 1.29 is 19.0 Å². The van der Waals surface area contributed by atoms with Gasteiger partial charge in [-0.15, -0.1) is 0 Å². The maximum atomic E-state index is 12.9. The Hall–Kier alpha value is -3.99. The second-order valence-electron chi connectivity index (χ2n) is 7.63. The number of allylic oxidation sites excluding steroid dienone is 1. The van der Waals surface area contributed by atoms with Gasteiger partial charge in [-0.2, -0.15) is 0 Å². The van der Waals surface area contributed by atoms with E-state index < -0.39 is 0 Å². The van der Waals surface area contributed by atoms with Crippen LogP contribution in [0.3, 0.4) is 0 Å². The molecule has 0 aliphatic carbocycles. The van der Waals surface area contributed by atoms with E-state index in [2.05, 4.69) is 29.8 Å². The second-order valence-corrected chi connectivity index (χ2v) is 7.63. The lowest BCUT2D eigenvalue weighted by Gasteiger charge is -2.08. The number of para-hydroxylation sites is 1. The molecule has 5 heteroatoms. The molecular formula is C27H23NO4. The predicted octanol–water partition coefficient (Wildman–Crippen LogP) is 5.87. The fourth-order valence-electron chi connectivity index (χ4n) is 3.98. The molecule has 32 heavy (non-hydrogen) atoms. The SMILES string of the molecule is CCn1cc(/C=C2/Oc3cc(OCc4cccc(OC)c4)ccc3C2=O)c2ccccc21. The molecule has 0 saturated carbocycles. The number of ketones is 1. The van der Waals surface area contributed by atoms with Gasteiger partial charge < -0.3 is 18.8 Å². The minimum atomic E-state index is -0.118. The van der Waals surface area contributed by atoms with Gasteiger partial charge in [0, 0.05) is 35.3 Å².